The molecule has 0 aliphatic heterocycles. The molecule has 9 heteroatoms. The molecule has 0 bridgehead atoms. The highest BCUT2D eigenvalue weighted by molar-refractivity contribution is 8.00. The summed E-state index contributed by atoms with van der Waals surface area (Å²) >= 11 is 1.40. The van der Waals surface area contributed by atoms with Crippen LogP contribution >= 0.6 is 11.8 Å². The average molecular weight is 610 g/mol. The summed E-state index contributed by atoms with van der Waals surface area (Å²) in [6.07, 6.45) is 2.09. The number of aryl methyl sites for hydroxylation is 2. The third kappa shape index (κ3) is 8.52. The zero-order valence-electron chi connectivity index (χ0n) is 25.0. The number of carbonyl (C=O) groups excluding carboxylic acids is 3. The van der Waals surface area contributed by atoms with Crippen molar-refractivity contribution in [3.8, 4) is 11.5 Å². The molecule has 1 atom stereocenters. The molecular formula is C35H35N3O5S. The minimum atomic E-state index is -0.564. The van der Waals surface area contributed by atoms with E-state index in [0.717, 1.165) is 21.7 Å². The summed E-state index contributed by atoms with van der Waals surface area (Å²) in [6.45, 7) is 5.89. The lowest BCUT2D eigenvalue weighted by Crippen LogP contribution is -2.30. The van der Waals surface area contributed by atoms with Crippen molar-refractivity contribution in [2.45, 2.75) is 37.3 Å². The summed E-state index contributed by atoms with van der Waals surface area (Å²) in [6, 6.07) is 26.1. The van der Waals surface area contributed by atoms with Crippen LogP contribution in [0.1, 0.15) is 40.4 Å². The molecule has 0 aliphatic carbocycles. The first kappa shape index (κ1) is 31.9. The van der Waals surface area contributed by atoms with Gasteiger partial charge in [0, 0.05) is 33.5 Å². The lowest BCUT2D eigenvalue weighted by Gasteiger charge is -2.17. The van der Waals surface area contributed by atoms with E-state index in [9.17, 15) is 19.5 Å². The van der Waals surface area contributed by atoms with Crippen LogP contribution in [0.4, 0.5) is 11.4 Å². The smallest absolute Gasteiger partial charge is 0.272 e. The second-order valence-corrected chi connectivity index (χ2v) is 11.4. The van der Waals surface area contributed by atoms with Crippen molar-refractivity contribution >= 4 is 46.9 Å². The summed E-state index contributed by atoms with van der Waals surface area (Å²) < 4.78 is 5.36. The lowest BCUT2D eigenvalue weighted by atomic mass is 10.1. The number of anilines is 2. The van der Waals surface area contributed by atoms with Gasteiger partial charge in [0.05, 0.1) is 12.4 Å². The van der Waals surface area contributed by atoms with E-state index in [1.807, 2.05) is 45.0 Å². The Labute approximate surface area is 261 Å². The van der Waals surface area contributed by atoms with Crippen molar-refractivity contribution in [2.75, 3.05) is 17.7 Å². The Balaban J connectivity index is 1.54. The van der Waals surface area contributed by atoms with E-state index in [1.54, 1.807) is 54.6 Å². The van der Waals surface area contributed by atoms with Crippen LogP contribution < -0.4 is 20.7 Å². The number of rotatable bonds is 11. The summed E-state index contributed by atoms with van der Waals surface area (Å²) in [5.41, 5.74) is 4.16. The van der Waals surface area contributed by atoms with Crippen LogP contribution in [0, 0.1) is 13.8 Å². The molecule has 44 heavy (non-hydrogen) atoms. The molecule has 0 spiro atoms. The van der Waals surface area contributed by atoms with E-state index in [1.165, 1.54) is 37.1 Å². The largest absolute Gasteiger partial charge is 0.508 e. The van der Waals surface area contributed by atoms with Crippen LogP contribution in [0.5, 0.6) is 11.5 Å². The van der Waals surface area contributed by atoms with Gasteiger partial charge in [0.2, 0.25) is 5.91 Å². The summed E-state index contributed by atoms with van der Waals surface area (Å²) in [5.74, 6) is -0.800. The third-order valence-corrected chi connectivity index (χ3v) is 8.09. The Kier molecular flexibility index (Phi) is 10.8. The molecule has 0 saturated heterocycles. The standard InChI is InChI=1S/C35H35N3O5S/c1-5-32(35(42)37-29-18-22(2)14-15-23(29)3)44-28-13-9-12-26(20-28)36-34(41)30(38-33(40)24-10-7-6-8-11-24)19-25-16-17-27(39)21-31(25)43-4/h6-21,32,39H,5H2,1-4H3,(H,36,41)(H,37,42)(H,38,40)/b30-19+. The fourth-order valence-corrected chi connectivity index (χ4v) is 5.35. The van der Waals surface area contributed by atoms with E-state index in [4.69, 9.17) is 4.74 Å². The molecule has 4 aromatic carbocycles. The molecule has 0 saturated carbocycles. The van der Waals surface area contributed by atoms with Crippen molar-refractivity contribution in [3.05, 3.63) is 119 Å². The quantitative estimate of drug-likeness (QED) is 0.108. The second kappa shape index (κ2) is 14.9. The summed E-state index contributed by atoms with van der Waals surface area (Å²) in [7, 11) is 1.45. The SMILES string of the molecule is CCC(Sc1cccc(NC(=O)/C(=C\c2ccc(O)cc2OC)NC(=O)c2ccccc2)c1)C(=O)Nc1cc(C)ccc1C. The van der Waals surface area contributed by atoms with Crippen LogP contribution in [0.25, 0.3) is 6.08 Å². The Morgan fingerprint density at radius 3 is 2.41 bits per heavy atom. The molecule has 4 N–H and O–H groups in total. The van der Waals surface area contributed by atoms with Gasteiger partial charge in [-0.3, -0.25) is 14.4 Å². The maximum atomic E-state index is 13.6. The zero-order valence-corrected chi connectivity index (χ0v) is 25.8. The molecule has 0 fully saturated rings. The van der Waals surface area contributed by atoms with E-state index in [0.29, 0.717) is 29.0 Å². The molecule has 1 unspecified atom stereocenters. The Bertz CT molecular complexity index is 1690. The van der Waals surface area contributed by atoms with Crippen LogP contribution in [0.2, 0.25) is 0 Å². The zero-order chi connectivity index (χ0) is 31.6. The minimum absolute atomic E-state index is 0.000666. The number of thioether (sulfide) groups is 1. The highest BCUT2D eigenvalue weighted by Crippen LogP contribution is 2.30. The van der Waals surface area contributed by atoms with E-state index in [-0.39, 0.29) is 22.6 Å². The molecule has 0 radical (unpaired) electrons. The normalized spacial score (nSPS) is 11.8. The molecule has 0 heterocycles. The lowest BCUT2D eigenvalue weighted by molar-refractivity contribution is -0.116. The van der Waals surface area contributed by atoms with Gasteiger partial charge >= 0.3 is 0 Å². The molecule has 8 nitrogen and oxygen atoms in total. The van der Waals surface area contributed by atoms with Crippen molar-refractivity contribution in [1.29, 1.82) is 0 Å². The number of hydrogen-bond donors (Lipinski definition) is 4. The average Bonchev–Trinajstić information content (AvgIpc) is 3.02. The van der Waals surface area contributed by atoms with Gasteiger partial charge in [0.15, 0.2) is 0 Å². The highest BCUT2D eigenvalue weighted by atomic mass is 32.2. The van der Waals surface area contributed by atoms with Crippen molar-refractivity contribution in [1.82, 2.24) is 5.32 Å². The van der Waals surface area contributed by atoms with Crippen molar-refractivity contribution in [3.63, 3.8) is 0 Å². The van der Waals surface area contributed by atoms with Crippen LogP contribution in [-0.2, 0) is 9.59 Å². The summed E-state index contributed by atoms with van der Waals surface area (Å²) in [4.78, 5) is 40.5. The van der Waals surface area contributed by atoms with Crippen molar-refractivity contribution in [2.24, 2.45) is 0 Å². The number of benzene rings is 4. The second-order valence-electron chi connectivity index (χ2n) is 10.1. The van der Waals surface area contributed by atoms with E-state index in [2.05, 4.69) is 16.0 Å². The monoisotopic (exact) mass is 609 g/mol. The number of methoxy groups -OCH3 is 1. The van der Waals surface area contributed by atoms with Gasteiger partial charge in [0.25, 0.3) is 11.8 Å². The van der Waals surface area contributed by atoms with Gasteiger partial charge in [-0.1, -0.05) is 43.3 Å². The first-order valence-corrected chi connectivity index (χ1v) is 15.0. The molecule has 0 aliphatic rings. The maximum absolute atomic E-state index is 13.6. The molecule has 226 valence electrons. The van der Waals surface area contributed by atoms with Crippen LogP contribution in [0.15, 0.2) is 102 Å². The van der Waals surface area contributed by atoms with Gasteiger partial charge in [0.1, 0.15) is 17.2 Å². The number of nitrogens with one attached hydrogen (secondary N) is 3. The first-order chi connectivity index (χ1) is 21.2. The molecule has 3 amide bonds. The van der Waals surface area contributed by atoms with Gasteiger partial charge in [-0.2, -0.15) is 0 Å². The van der Waals surface area contributed by atoms with Gasteiger partial charge in [-0.05, 0) is 86.0 Å². The molecule has 4 rings (SSSR count). The molecule has 0 aromatic heterocycles. The summed E-state index contributed by atoms with van der Waals surface area (Å²) in [5, 5.41) is 18.1. The third-order valence-electron chi connectivity index (χ3n) is 6.73. The predicted molar refractivity (Wildman–Crippen MR) is 176 cm³/mol. The van der Waals surface area contributed by atoms with Crippen LogP contribution in [0.3, 0.4) is 0 Å². The number of hydrogen-bond acceptors (Lipinski definition) is 6. The fourth-order valence-electron chi connectivity index (χ4n) is 4.33. The number of ether oxygens (including phenoxy) is 1. The Hall–Kier alpha value is -5.02. The fraction of sp³-hybridized carbons (Fsp3) is 0.171. The van der Waals surface area contributed by atoms with Gasteiger partial charge in [-0.25, -0.2) is 0 Å². The first-order valence-electron chi connectivity index (χ1n) is 14.1. The topological polar surface area (TPSA) is 117 Å². The van der Waals surface area contributed by atoms with Crippen LogP contribution in [-0.4, -0.2) is 35.2 Å². The molecular weight excluding hydrogens is 574 g/mol. The number of amides is 3. The highest BCUT2D eigenvalue weighted by Gasteiger charge is 2.20. The van der Waals surface area contributed by atoms with E-state index >= 15 is 0 Å². The van der Waals surface area contributed by atoms with Gasteiger partial charge < -0.3 is 25.8 Å². The number of phenolic OH excluding ortho intramolecular Hbond substituents is 1. The van der Waals surface area contributed by atoms with E-state index < -0.39 is 11.8 Å². The maximum Gasteiger partial charge on any atom is 0.272 e. The predicted octanol–water partition coefficient (Wildman–Crippen LogP) is 6.94. The van der Waals surface area contributed by atoms with Gasteiger partial charge in [-0.15, -0.1) is 11.8 Å². The minimum Gasteiger partial charge on any atom is -0.508 e. The van der Waals surface area contributed by atoms with Crippen molar-refractivity contribution < 1.29 is 24.2 Å². The molecule has 4 aromatic rings. The Morgan fingerprint density at radius 1 is 0.909 bits per heavy atom. The number of phenols is 1. The number of carbonyl (C=O) groups is 3. The number of aromatic hydroxyl groups is 1. The Morgan fingerprint density at radius 2 is 1.68 bits per heavy atom.